The third-order valence-electron chi connectivity index (χ3n) is 6.11. The summed E-state index contributed by atoms with van der Waals surface area (Å²) in [7, 11) is -7.67. The maximum absolute atomic E-state index is 10.7. The van der Waals surface area contributed by atoms with Crippen LogP contribution in [0.4, 0.5) is 26.3 Å². The molecule has 2 heterocycles. The van der Waals surface area contributed by atoms with Crippen molar-refractivity contribution in [3.8, 4) is 0 Å². The molecule has 1 aliphatic carbocycles. The van der Waals surface area contributed by atoms with Gasteiger partial charge in [0.2, 0.25) is 0 Å². The van der Waals surface area contributed by atoms with E-state index in [9.17, 15) is 26.3 Å². The van der Waals surface area contributed by atoms with Crippen molar-refractivity contribution < 1.29 is 69.4 Å². The van der Waals surface area contributed by atoms with Gasteiger partial charge in [0.25, 0.3) is 0 Å². The molecule has 3 rings (SSSR count). The largest absolute Gasteiger partial charge is 4.00 e. The van der Waals surface area contributed by atoms with Crippen LogP contribution < -0.4 is 0 Å². The van der Waals surface area contributed by atoms with Crippen LogP contribution in [0.15, 0.2) is 36.4 Å². The van der Waals surface area contributed by atoms with Crippen molar-refractivity contribution in [3.63, 3.8) is 0 Å². The van der Waals surface area contributed by atoms with Crippen LogP contribution in [-0.4, -0.2) is 82.9 Å². The maximum Gasteiger partial charge on any atom is 4.00 e. The molecular formula is C24H32F6FeN4O6S2+2. The molecule has 10 nitrogen and oxygen atoms in total. The normalized spacial score (nSPS) is 17.7. The summed E-state index contributed by atoms with van der Waals surface area (Å²) in [4.78, 5) is 14.4. The molecule has 0 aliphatic heterocycles. The monoisotopic (exact) mass is 706 g/mol. The first-order valence-corrected chi connectivity index (χ1v) is 15.1. The minimum Gasteiger partial charge on any atom is -0.741 e. The Morgan fingerprint density at radius 1 is 0.721 bits per heavy atom. The van der Waals surface area contributed by atoms with Crippen molar-refractivity contribution in [2.24, 2.45) is 0 Å². The first-order valence-electron chi connectivity index (χ1n) is 12.3. The number of aromatic nitrogens is 2. The fraction of sp³-hybridized carbons (Fsp3) is 0.583. The Morgan fingerprint density at radius 3 is 1.23 bits per heavy atom. The Labute approximate surface area is 257 Å². The van der Waals surface area contributed by atoms with Crippen LogP contribution in [0.1, 0.15) is 48.5 Å². The van der Waals surface area contributed by atoms with Crippen LogP contribution in [0.3, 0.4) is 0 Å². The Morgan fingerprint density at radius 2 is 1.00 bits per heavy atom. The molecule has 2 aromatic heterocycles. The van der Waals surface area contributed by atoms with Crippen molar-refractivity contribution in [1.82, 2.24) is 19.8 Å². The summed E-state index contributed by atoms with van der Waals surface area (Å²) >= 11 is 0. The number of pyridine rings is 2. The molecule has 43 heavy (non-hydrogen) atoms. The van der Waals surface area contributed by atoms with E-state index in [1.165, 1.54) is 37.1 Å². The fourth-order valence-corrected chi connectivity index (χ4v) is 4.24. The number of rotatable bonds is 6. The molecule has 0 radical (unpaired) electrons. The van der Waals surface area contributed by atoms with E-state index in [4.69, 9.17) is 35.9 Å². The second-order valence-corrected chi connectivity index (χ2v) is 12.3. The van der Waals surface area contributed by atoms with Gasteiger partial charge in [-0.25, -0.2) is 16.8 Å². The van der Waals surface area contributed by atoms with Gasteiger partial charge in [0.15, 0.2) is 20.2 Å². The summed E-state index contributed by atoms with van der Waals surface area (Å²) < 4.78 is 118. The van der Waals surface area contributed by atoms with Gasteiger partial charge in [0, 0.05) is 36.6 Å². The van der Waals surface area contributed by atoms with Crippen LogP contribution in [0.2, 0.25) is 0 Å². The molecule has 2 atom stereocenters. The van der Waals surface area contributed by atoms with Crippen molar-refractivity contribution in [2.45, 2.75) is 75.7 Å². The van der Waals surface area contributed by atoms with Crippen LogP contribution >= 0.6 is 0 Å². The SMILES string of the molecule is Cc1cccc(CN(C)[C@H]2CCCC[C@@H]2N(C)Cc2cccc(C)n2)n1.O=S(=O)([O-])C(F)(F)F.O=S(=O)([O-])C(F)(F)F.[Fe+4]. The van der Waals surface area contributed by atoms with E-state index in [0.29, 0.717) is 12.1 Å². The predicted molar refractivity (Wildman–Crippen MR) is 138 cm³/mol. The van der Waals surface area contributed by atoms with E-state index in [-0.39, 0.29) is 17.1 Å². The average Bonchev–Trinajstić information content (AvgIpc) is 2.82. The summed E-state index contributed by atoms with van der Waals surface area (Å²) in [6, 6.07) is 13.8. The summed E-state index contributed by atoms with van der Waals surface area (Å²) in [6.45, 7) is 5.96. The number of nitrogens with zero attached hydrogens (tertiary/aromatic N) is 4. The average molecular weight is 707 g/mol. The minimum absolute atomic E-state index is 0. The molecule has 2 aromatic rings. The molecule has 0 spiro atoms. The van der Waals surface area contributed by atoms with E-state index >= 15 is 0 Å². The topological polar surface area (TPSA) is 147 Å². The smallest absolute Gasteiger partial charge is 0.741 e. The van der Waals surface area contributed by atoms with E-state index in [2.05, 4.69) is 74.1 Å². The number of halogens is 6. The van der Waals surface area contributed by atoms with E-state index in [1.807, 2.05) is 0 Å². The molecule has 0 bridgehead atoms. The van der Waals surface area contributed by atoms with E-state index in [1.54, 1.807) is 0 Å². The van der Waals surface area contributed by atoms with Gasteiger partial charge in [0.1, 0.15) is 0 Å². The third kappa shape index (κ3) is 14.6. The zero-order valence-corrected chi connectivity index (χ0v) is 26.3. The van der Waals surface area contributed by atoms with Crippen LogP contribution in [0.5, 0.6) is 0 Å². The predicted octanol–water partition coefficient (Wildman–Crippen LogP) is 4.07. The summed E-state index contributed by atoms with van der Waals surface area (Å²) in [5, 5.41) is 0. The zero-order chi connectivity index (χ0) is 32.5. The van der Waals surface area contributed by atoms with Gasteiger partial charge in [-0.05, 0) is 65.0 Å². The van der Waals surface area contributed by atoms with Gasteiger partial charge in [-0.15, -0.1) is 0 Å². The van der Waals surface area contributed by atoms with Gasteiger partial charge in [0.05, 0.1) is 11.4 Å². The molecular weight excluding hydrogens is 674 g/mol. The molecule has 0 amide bonds. The summed E-state index contributed by atoms with van der Waals surface area (Å²) in [5.41, 5.74) is -6.77. The summed E-state index contributed by atoms with van der Waals surface area (Å²) in [5.74, 6) is 0. The Balaban J connectivity index is 0.000000860. The molecule has 0 saturated heterocycles. The second kappa shape index (κ2) is 17.0. The number of likely N-dealkylation sites (N-methyl/N-ethyl adjacent to an activating group) is 2. The Kier molecular flexibility index (Phi) is 16.3. The number of alkyl halides is 6. The number of hydrogen-bond donors (Lipinski definition) is 0. The van der Waals surface area contributed by atoms with Crippen LogP contribution in [0, 0.1) is 13.8 Å². The first-order chi connectivity index (χ1) is 19.0. The van der Waals surface area contributed by atoms with Gasteiger partial charge >= 0.3 is 28.1 Å². The minimum atomic E-state index is -6.09. The second-order valence-electron chi connectivity index (χ2n) is 9.59. The molecule has 1 saturated carbocycles. The van der Waals surface area contributed by atoms with Crippen molar-refractivity contribution in [3.05, 3.63) is 59.2 Å². The standard InChI is InChI=1S/C22H32N4.2CHF3O3S.Fe/c1-17-9-7-11-19(23-17)15-25(3)21-13-5-6-14-22(21)26(4)16-20-12-8-10-18(2)24-20;2*2-1(3,4)8(5,6)7;/h7-12,21-22H,5-6,13-16H2,1-4H3;2*(H,5,6,7);/q;;;+4/p-2/t21-,22-;;;/m0.../s1. The Bertz CT molecular complexity index is 1260. The van der Waals surface area contributed by atoms with Gasteiger partial charge in [-0.1, -0.05) is 25.0 Å². The van der Waals surface area contributed by atoms with Crippen molar-refractivity contribution in [1.29, 1.82) is 0 Å². The van der Waals surface area contributed by atoms with E-state index in [0.717, 1.165) is 24.5 Å². The molecule has 244 valence electrons. The zero-order valence-electron chi connectivity index (χ0n) is 23.5. The molecule has 1 fully saturated rings. The van der Waals surface area contributed by atoms with Crippen LogP contribution in [-0.2, 0) is 50.4 Å². The number of aryl methyl sites for hydroxylation is 2. The number of hydrogen-bond acceptors (Lipinski definition) is 10. The van der Waals surface area contributed by atoms with E-state index < -0.39 is 31.3 Å². The molecule has 19 heteroatoms. The van der Waals surface area contributed by atoms with Crippen LogP contribution in [0.25, 0.3) is 0 Å². The van der Waals surface area contributed by atoms with Crippen molar-refractivity contribution in [2.75, 3.05) is 14.1 Å². The van der Waals surface area contributed by atoms with Gasteiger partial charge in [-0.3, -0.25) is 19.8 Å². The van der Waals surface area contributed by atoms with Crippen molar-refractivity contribution >= 4 is 20.2 Å². The molecule has 0 unspecified atom stereocenters. The molecule has 1 aliphatic rings. The third-order valence-corrected chi connectivity index (χ3v) is 7.24. The summed E-state index contributed by atoms with van der Waals surface area (Å²) in [6.07, 6.45) is 5.17. The maximum atomic E-state index is 10.7. The fourth-order valence-electron chi connectivity index (χ4n) is 4.24. The van der Waals surface area contributed by atoms with Gasteiger partial charge < -0.3 is 9.11 Å². The van der Waals surface area contributed by atoms with Gasteiger partial charge in [-0.2, -0.15) is 26.3 Å². The molecule has 0 N–H and O–H groups in total. The Hall–Kier alpha value is -1.86. The first kappa shape index (κ1) is 41.1. The quantitative estimate of drug-likeness (QED) is 0.187. The molecule has 0 aromatic carbocycles.